The number of carbonyl (C=O) groups excluding carboxylic acids is 1. The van der Waals surface area contributed by atoms with Crippen molar-refractivity contribution >= 4 is 5.97 Å². The standard InChI is InChI=1S/C14H7F5O3/c15-9-7(10(16)12(18)13(19)11(9)17)5-22-14(21)6-3-1-2-4-8(6)20/h1-4,20H,5H2. The van der Waals surface area contributed by atoms with E-state index in [0.29, 0.717) is 0 Å². The van der Waals surface area contributed by atoms with E-state index >= 15 is 0 Å². The summed E-state index contributed by atoms with van der Waals surface area (Å²) < 4.78 is 70.0. The molecule has 0 aliphatic carbocycles. The van der Waals surface area contributed by atoms with E-state index in [4.69, 9.17) is 0 Å². The highest BCUT2D eigenvalue weighted by Gasteiger charge is 2.26. The molecule has 0 aliphatic heterocycles. The van der Waals surface area contributed by atoms with Crippen molar-refractivity contribution in [1.82, 2.24) is 0 Å². The second kappa shape index (κ2) is 6.00. The summed E-state index contributed by atoms with van der Waals surface area (Å²) in [5, 5.41) is 9.39. The molecular weight excluding hydrogens is 311 g/mol. The van der Waals surface area contributed by atoms with Gasteiger partial charge in [-0.15, -0.1) is 0 Å². The van der Waals surface area contributed by atoms with Crippen molar-refractivity contribution < 1.29 is 36.6 Å². The fraction of sp³-hybridized carbons (Fsp3) is 0.0714. The average molecular weight is 318 g/mol. The second-order valence-corrected chi connectivity index (χ2v) is 4.14. The summed E-state index contributed by atoms with van der Waals surface area (Å²) in [6.45, 7) is -1.18. The fourth-order valence-electron chi connectivity index (χ4n) is 1.64. The molecule has 2 rings (SSSR count). The number of benzene rings is 2. The summed E-state index contributed by atoms with van der Waals surface area (Å²) >= 11 is 0. The minimum Gasteiger partial charge on any atom is -0.507 e. The molecule has 0 fully saturated rings. The van der Waals surface area contributed by atoms with E-state index in [0.717, 1.165) is 12.1 Å². The van der Waals surface area contributed by atoms with Crippen LogP contribution in [0.1, 0.15) is 15.9 Å². The normalized spacial score (nSPS) is 10.6. The van der Waals surface area contributed by atoms with E-state index < -0.39 is 53.0 Å². The predicted octanol–water partition coefficient (Wildman–Crippen LogP) is 3.44. The van der Waals surface area contributed by atoms with Crippen molar-refractivity contribution in [3.63, 3.8) is 0 Å². The van der Waals surface area contributed by atoms with Crippen LogP contribution in [0.3, 0.4) is 0 Å². The van der Waals surface area contributed by atoms with Crippen molar-refractivity contribution in [3.8, 4) is 5.75 Å². The SMILES string of the molecule is O=C(OCc1c(F)c(F)c(F)c(F)c1F)c1ccccc1O. The molecule has 0 aliphatic rings. The fourth-order valence-corrected chi connectivity index (χ4v) is 1.64. The van der Waals surface area contributed by atoms with E-state index in [2.05, 4.69) is 4.74 Å². The van der Waals surface area contributed by atoms with Gasteiger partial charge in [-0.1, -0.05) is 12.1 Å². The summed E-state index contributed by atoms with van der Waals surface area (Å²) in [6, 6.07) is 5.12. The number of carbonyl (C=O) groups is 1. The van der Waals surface area contributed by atoms with Crippen molar-refractivity contribution in [1.29, 1.82) is 0 Å². The third kappa shape index (κ3) is 2.72. The first kappa shape index (κ1) is 15.7. The van der Waals surface area contributed by atoms with E-state index in [1.54, 1.807) is 0 Å². The molecule has 22 heavy (non-hydrogen) atoms. The highest BCUT2D eigenvalue weighted by atomic mass is 19.2. The molecule has 0 aromatic heterocycles. The van der Waals surface area contributed by atoms with Gasteiger partial charge in [0.1, 0.15) is 17.9 Å². The zero-order valence-electron chi connectivity index (χ0n) is 10.7. The Hall–Kier alpha value is -2.64. The van der Waals surface area contributed by atoms with Crippen LogP contribution >= 0.6 is 0 Å². The lowest BCUT2D eigenvalue weighted by Crippen LogP contribution is -2.11. The van der Waals surface area contributed by atoms with Crippen molar-refractivity contribution in [2.24, 2.45) is 0 Å². The number of hydrogen-bond donors (Lipinski definition) is 1. The minimum atomic E-state index is -2.30. The summed E-state index contributed by atoms with van der Waals surface area (Å²) in [5.74, 6) is -12.4. The molecule has 0 saturated heterocycles. The van der Waals surface area contributed by atoms with Crippen LogP contribution < -0.4 is 0 Å². The summed E-state index contributed by atoms with van der Waals surface area (Å²) in [4.78, 5) is 11.6. The van der Waals surface area contributed by atoms with Gasteiger partial charge >= 0.3 is 5.97 Å². The molecule has 0 amide bonds. The summed E-state index contributed by atoms with van der Waals surface area (Å²) in [5.41, 5.74) is -1.59. The van der Waals surface area contributed by atoms with Crippen LogP contribution in [-0.2, 0) is 11.3 Å². The van der Waals surface area contributed by atoms with Crippen LogP contribution in [0.5, 0.6) is 5.75 Å². The maximum atomic E-state index is 13.4. The minimum absolute atomic E-state index is 0.314. The Morgan fingerprint density at radius 3 is 1.95 bits per heavy atom. The molecule has 1 N–H and O–H groups in total. The third-order valence-corrected chi connectivity index (χ3v) is 2.77. The van der Waals surface area contributed by atoms with Crippen LogP contribution in [0.2, 0.25) is 0 Å². The Balaban J connectivity index is 2.26. The quantitative estimate of drug-likeness (QED) is 0.408. The maximum absolute atomic E-state index is 13.4. The summed E-state index contributed by atoms with van der Waals surface area (Å²) in [6.07, 6.45) is 0. The van der Waals surface area contributed by atoms with Gasteiger partial charge in [0.05, 0.1) is 5.56 Å². The lowest BCUT2D eigenvalue weighted by Gasteiger charge is -2.09. The molecule has 2 aromatic rings. The van der Waals surface area contributed by atoms with Gasteiger partial charge in [0.25, 0.3) is 0 Å². The third-order valence-electron chi connectivity index (χ3n) is 2.77. The first-order chi connectivity index (χ1) is 10.3. The molecule has 0 saturated carbocycles. The Morgan fingerprint density at radius 2 is 1.41 bits per heavy atom. The molecule has 3 nitrogen and oxygen atoms in total. The van der Waals surface area contributed by atoms with Gasteiger partial charge in [0.2, 0.25) is 5.82 Å². The van der Waals surface area contributed by atoms with Gasteiger partial charge < -0.3 is 9.84 Å². The number of phenolic OH excluding ortho intramolecular Hbond substituents is 1. The number of esters is 1. The Labute approximate surface area is 120 Å². The molecule has 8 heteroatoms. The smallest absolute Gasteiger partial charge is 0.342 e. The molecule has 0 atom stereocenters. The molecule has 0 bridgehead atoms. The molecule has 0 radical (unpaired) electrons. The maximum Gasteiger partial charge on any atom is 0.342 e. The lowest BCUT2D eigenvalue weighted by molar-refractivity contribution is 0.0459. The predicted molar refractivity (Wildman–Crippen MR) is 63.5 cm³/mol. The highest BCUT2D eigenvalue weighted by molar-refractivity contribution is 5.92. The number of hydrogen-bond acceptors (Lipinski definition) is 3. The molecule has 2 aromatic carbocycles. The second-order valence-electron chi connectivity index (χ2n) is 4.14. The summed E-state index contributed by atoms with van der Waals surface area (Å²) in [7, 11) is 0. The molecule has 0 unspecified atom stereocenters. The van der Waals surface area contributed by atoms with E-state index in [9.17, 15) is 31.9 Å². The van der Waals surface area contributed by atoms with Gasteiger partial charge in [-0.3, -0.25) is 0 Å². The first-order valence-corrected chi connectivity index (χ1v) is 5.80. The van der Waals surface area contributed by atoms with Crippen LogP contribution in [-0.4, -0.2) is 11.1 Å². The van der Waals surface area contributed by atoms with Crippen molar-refractivity contribution in [2.45, 2.75) is 6.61 Å². The number of aromatic hydroxyl groups is 1. The van der Waals surface area contributed by atoms with E-state index in [1.807, 2.05) is 0 Å². The Kier molecular flexibility index (Phi) is 4.30. The number of para-hydroxylation sites is 1. The monoisotopic (exact) mass is 318 g/mol. The van der Waals surface area contributed by atoms with Crippen LogP contribution in [0.15, 0.2) is 24.3 Å². The molecular formula is C14H7F5O3. The number of rotatable bonds is 3. The highest BCUT2D eigenvalue weighted by Crippen LogP contribution is 2.24. The average Bonchev–Trinajstić information content (AvgIpc) is 2.51. The molecule has 116 valence electrons. The van der Waals surface area contributed by atoms with Gasteiger partial charge in [-0.05, 0) is 12.1 Å². The van der Waals surface area contributed by atoms with Crippen LogP contribution in [0.4, 0.5) is 22.0 Å². The largest absolute Gasteiger partial charge is 0.507 e. The van der Waals surface area contributed by atoms with Crippen LogP contribution in [0.25, 0.3) is 0 Å². The Morgan fingerprint density at radius 1 is 0.909 bits per heavy atom. The topological polar surface area (TPSA) is 46.5 Å². The van der Waals surface area contributed by atoms with Gasteiger partial charge in [0, 0.05) is 0 Å². The molecule has 0 heterocycles. The van der Waals surface area contributed by atoms with Crippen molar-refractivity contribution in [3.05, 3.63) is 64.5 Å². The van der Waals surface area contributed by atoms with Gasteiger partial charge in [0.15, 0.2) is 23.3 Å². The van der Waals surface area contributed by atoms with Gasteiger partial charge in [-0.25, -0.2) is 26.7 Å². The molecule has 0 spiro atoms. The Bertz CT molecular complexity index is 716. The lowest BCUT2D eigenvalue weighted by atomic mass is 10.1. The van der Waals surface area contributed by atoms with Gasteiger partial charge in [-0.2, -0.15) is 0 Å². The van der Waals surface area contributed by atoms with E-state index in [1.165, 1.54) is 12.1 Å². The van der Waals surface area contributed by atoms with E-state index in [-0.39, 0.29) is 5.56 Å². The zero-order chi connectivity index (χ0) is 16.4. The first-order valence-electron chi connectivity index (χ1n) is 5.80. The van der Waals surface area contributed by atoms with Crippen molar-refractivity contribution in [2.75, 3.05) is 0 Å². The number of ether oxygens (including phenoxy) is 1. The zero-order valence-corrected chi connectivity index (χ0v) is 10.7. The number of halogens is 5. The van der Waals surface area contributed by atoms with Crippen LogP contribution in [0, 0.1) is 29.1 Å². The number of phenols is 1.